The van der Waals surface area contributed by atoms with Gasteiger partial charge in [-0.3, -0.25) is 4.48 Å². The molecule has 8 nitrogen and oxygen atoms in total. The van der Waals surface area contributed by atoms with Crippen molar-refractivity contribution in [1.82, 2.24) is 24.1 Å². The van der Waals surface area contributed by atoms with Crippen LogP contribution in [0.4, 0.5) is 17.5 Å². The second-order valence-electron chi connectivity index (χ2n) is 9.23. The predicted molar refractivity (Wildman–Crippen MR) is 117 cm³/mol. The summed E-state index contributed by atoms with van der Waals surface area (Å²) in [4.78, 5) is 14.4. The van der Waals surface area contributed by atoms with Gasteiger partial charge in [-0.1, -0.05) is 0 Å². The lowest BCUT2D eigenvalue weighted by Crippen LogP contribution is -2.48. The highest BCUT2D eigenvalue weighted by Gasteiger charge is 2.61. The standard InChI is InChI=1S/C22H26N7O/c1-4-29-12-19(29)13(2)24-17-6-5-16(26-20(17)29)15-7-8-28-18(15)11-23-21(27-28)25-14-9-22(3,30)10-14/h5-8,11,14,19,30H,4,9-10,12H2,1-3H3,(H,25,27)/q+1. The lowest BCUT2D eigenvalue weighted by molar-refractivity contribution is -0.0236. The molecule has 3 aromatic rings. The van der Waals surface area contributed by atoms with E-state index < -0.39 is 5.60 Å². The molecule has 3 aromatic heterocycles. The normalized spacial score (nSPS) is 31.5. The quantitative estimate of drug-likeness (QED) is 0.516. The number of nitrogens with one attached hydrogen (secondary N) is 1. The summed E-state index contributed by atoms with van der Waals surface area (Å²) in [6, 6.07) is 6.88. The predicted octanol–water partition coefficient (Wildman–Crippen LogP) is 2.93. The summed E-state index contributed by atoms with van der Waals surface area (Å²) in [7, 11) is 0. The molecule has 154 valence electrons. The van der Waals surface area contributed by atoms with Crippen LogP contribution in [0.2, 0.25) is 0 Å². The average molecular weight is 404 g/mol. The van der Waals surface area contributed by atoms with Crippen molar-refractivity contribution in [2.24, 2.45) is 4.99 Å². The Hall–Kier alpha value is -2.84. The highest BCUT2D eigenvalue weighted by molar-refractivity contribution is 5.99. The number of fused-ring (bicyclic) bond motifs is 4. The summed E-state index contributed by atoms with van der Waals surface area (Å²) in [6.45, 7) is 8.35. The van der Waals surface area contributed by atoms with Gasteiger partial charge in [-0.25, -0.2) is 14.5 Å². The van der Waals surface area contributed by atoms with Crippen LogP contribution in [0.3, 0.4) is 0 Å². The molecule has 3 aliphatic rings. The van der Waals surface area contributed by atoms with E-state index in [2.05, 4.69) is 35.3 Å². The van der Waals surface area contributed by atoms with E-state index in [0.717, 1.165) is 45.9 Å². The number of hydrogen-bond acceptors (Lipinski definition) is 6. The number of aliphatic hydroxyl groups is 1. The van der Waals surface area contributed by atoms with Crippen LogP contribution < -0.4 is 9.80 Å². The number of pyridine rings is 1. The smallest absolute Gasteiger partial charge is 0.255 e. The van der Waals surface area contributed by atoms with Crippen molar-refractivity contribution < 1.29 is 5.11 Å². The van der Waals surface area contributed by atoms with Crippen LogP contribution in [0.25, 0.3) is 16.8 Å². The summed E-state index contributed by atoms with van der Waals surface area (Å²) in [6.07, 6.45) is 5.22. The van der Waals surface area contributed by atoms with Crippen molar-refractivity contribution >= 4 is 28.7 Å². The topological polar surface area (TPSA) is 87.7 Å². The van der Waals surface area contributed by atoms with Crippen LogP contribution in [-0.2, 0) is 0 Å². The summed E-state index contributed by atoms with van der Waals surface area (Å²) in [5, 5.41) is 17.8. The van der Waals surface area contributed by atoms with Gasteiger partial charge in [0, 0.05) is 17.8 Å². The minimum atomic E-state index is -0.571. The SMILES string of the molecule is CC[N+]12CC1C(C)=Nc1ccc(-c3ccn4nc(NC5CC(C)(O)C5)ncc34)nc12. The van der Waals surface area contributed by atoms with E-state index in [-0.39, 0.29) is 6.04 Å². The number of aliphatic imine (C=N–C) groups is 1. The monoisotopic (exact) mass is 404 g/mol. The Morgan fingerprint density at radius 3 is 2.90 bits per heavy atom. The van der Waals surface area contributed by atoms with E-state index in [1.165, 1.54) is 5.71 Å². The Kier molecular flexibility index (Phi) is 3.51. The zero-order valence-electron chi connectivity index (χ0n) is 17.5. The van der Waals surface area contributed by atoms with E-state index in [4.69, 9.17) is 9.98 Å². The fraction of sp³-hybridized carbons (Fsp3) is 0.455. The molecule has 5 heterocycles. The minimum absolute atomic E-state index is 0.216. The largest absolute Gasteiger partial charge is 0.390 e. The van der Waals surface area contributed by atoms with Crippen LogP contribution in [0.5, 0.6) is 0 Å². The molecule has 0 amide bonds. The van der Waals surface area contributed by atoms with Gasteiger partial charge in [0.2, 0.25) is 5.95 Å². The summed E-state index contributed by atoms with van der Waals surface area (Å²) >= 11 is 0. The average Bonchev–Trinajstić information content (AvgIpc) is 3.33. The maximum Gasteiger partial charge on any atom is 0.255 e. The van der Waals surface area contributed by atoms with E-state index in [1.807, 2.05) is 36.0 Å². The number of quaternary nitrogens is 1. The summed E-state index contributed by atoms with van der Waals surface area (Å²) < 4.78 is 2.76. The van der Waals surface area contributed by atoms with Crippen molar-refractivity contribution in [3.63, 3.8) is 0 Å². The number of rotatable bonds is 4. The number of likely N-dealkylation sites (N-methyl/N-ethyl adjacent to an activating group) is 1. The molecule has 0 bridgehead atoms. The van der Waals surface area contributed by atoms with E-state index >= 15 is 0 Å². The van der Waals surface area contributed by atoms with Crippen LogP contribution in [0.15, 0.2) is 35.6 Å². The second kappa shape index (κ2) is 5.86. The molecule has 1 saturated carbocycles. The van der Waals surface area contributed by atoms with Crippen molar-refractivity contribution in [2.45, 2.75) is 51.3 Å². The van der Waals surface area contributed by atoms with Gasteiger partial charge < -0.3 is 10.4 Å². The van der Waals surface area contributed by atoms with Crippen LogP contribution in [-0.4, -0.2) is 61.2 Å². The first-order chi connectivity index (χ1) is 14.4. The summed E-state index contributed by atoms with van der Waals surface area (Å²) in [5.41, 5.74) is 4.52. The Bertz CT molecular complexity index is 1210. The zero-order valence-corrected chi connectivity index (χ0v) is 17.5. The van der Waals surface area contributed by atoms with Gasteiger partial charge in [0.25, 0.3) is 5.82 Å². The van der Waals surface area contributed by atoms with Gasteiger partial charge in [-0.2, -0.15) is 4.98 Å². The maximum absolute atomic E-state index is 9.92. The van der Waals surface area contributed by atoms with Crippen LogP contribution in [0.1, 0.15) is 33.6 Å². The molecule has 0 spiro atoms. The maximum atomic E-state index is 9.92. The molecule has 2 atom stereocenters. The van der Waals surface area contributed by atoms with Gasteiger partial charge in [0.1, 0.15) is 12.2 Å². The Balaban J connectivity index is 1.34. The Morgan fingerprint density at radius 1 is 1.30 bits per heavy atom. The minimum Gasteiger partial charge on any atom is -0.390 e. The molecule has 0 aromatic carbocycles. The van der Waals surface area contributed by atoms with Gasteiger partial charge in [0.05, 0.1) is 35.3 Å². The first-order valence-electron chi connectivity index (χ1n) is 10.7. The van der Waals surface area contributed by atoms with Crippen molar-refractivity contribution in [2.75, 3.05) is 18.4 Å². The van der Waals surface area contributed by atoms with Gasteiger partial charge in [-0.15, -0.1) is 5.10 Å². The molecule has 1 aliphatic carbocycles. The number of nitrogens with zero attached hydrogens (tertiary/aromatic N) is 6. The molecule has 0 radical (unpaired) electrons. The number of hydrogen-bond donors (Lipinski definition) is 2. The fourth-order valence-electron chi connectivity index (χ4n) is 5.22. The van der Waals surface area contributed by atoms with Crippen molar-refractivity contribution in [3.8, 4) is 11.3 Å². The molecular weight excluding hydrogens is 378 g/mol. The molecule has 6 rings (SSSR count). The molecule has 2 aliphatic heterocycles. The molecule has 2 unspecified atom stereocenters. The molecule has 2 N–H and O–H groups in total. The molecule has 1 saturated heterocycles. The third-order valence-electron chi connectivity index (χ3n) is 6.98. The Labute approximate surface area is 174 Å². The third kappa shape index (κ3) is 2.53. The first-order valence-corrected chi connectivity index (χ1v) is 10.7. The van der Waals surface area contributed by atoms with Crippen molar-refractivity contribution in [3.05, 3.63) is 30.6 Å². The summed E-state index contributed by atoms with van der Waals surface area (Å²) in [5.74, 6) is 1.66. The van der Waals surface area contributed by atoms with Gasteiger partial charge in [-0.05, 0) is 51.8 Å². The van der Waals surface area contributed by atoms with E-state index in [1.54, 1.807) is 0 Å². The number of anilines is 1. The van der Waals surface area contributed by atoms with E-state index in [9.17, 15) is 5.11 Å². The third-order valence-corrected chi connectivity index (χ3v) is 6.98. The molecule has 30 heavy (non-hydrogen) atoms. The van der Waals surface area contributed by atoms with Gasteiger partial charge in [0.15, 0.2) is 6.04 Å². The highest BCUT2D eigenvalue weighted by atomic mass is 16.3. The van der Waals surface area contributed by atoms with Gasteiger partial charge >= 0.3 is 0 Å². The van der Waals surface area contributed by atoms with Crippen LogP contribution >= 0.6 is 0 Å². The van der Waals surface area contributed by atoms with Crippen molar-refractivity contribution in [1.29, 1.82) is 0 Å². The Morgan fingerprint density at radius 2 is 2.13 bits per heavy atom. The van der Waals surface area contributed by atoms with E-state index in [0.29, 0.717) is 24.8 Å². The lowest BCUT2D eigenvalue weighted by Gasteiger charge is -2.41. The fourth-order valence-corrected chi connectivity index (χ4v) is 5.22. The molecular formula is C22H26N7O+. The molecule has 2 fully saturated rings. The first kappa shape index (κ1) is 18.0. The molecule has 8 heteroatoms. The second-order valence-corrected chi connectivity index (χ2v) is 9.23. The number of aromatic nitrogens is 4. The highest BCUT2D eigenvalue weighted by Crippen LogP contribution is 2.48. The van der Waals surface area contributed by atoms with Crippen LogP contribution in [0, 0.1) is 0 Å². The zero-order chi connectivity index (χ0) is 20.7. The lowest BCUT2D eigenvalue weighted by atomic mass is 9.77.